The maximum Gasteiger partial charge on any atom is 0.314 e. The summed E-state index contributed by atoms with van der Waals surface area (Å²) in [6, 6.07) is 7.83. The Morgan fingerprint density at radius 2 is 2.15 bits per heavy atom. The summed E-state index contributed by atoms with van der Waals surface area (Å²) >= 11 is 0. The van der Waals surface area contributed by atoms with Gasteiger partial charge in [-0.1, -0.05) is 31.5 Å². The number of hydrogen-bond acceptors (Lipinski definition) is 1. The van der Waals surface area contributed by atoms with Crippen molar-refractivity contribution in [1.29, 1.82) is 0 Å². The number of unbranched alkanes of at least 4 members (excludes halogenated alkanes) is 1. The Morgan fingerprint density at radius 1 is 1.38 bits per heavy atom. The summed E-state index contributed by atoms with van der Waals surface area (Å²) in [5, 5.41) is 2.58. The molecule has 0 spiro atoms. The molecule has 1 N–H and O–H groups in total. The number of rotatable bonds is 5. The zero-order valence-electron chi connectivity index (χ0n) is 7.84. The number of carbonyl (C=O) groups excluding carboxylic acids is 1. The van der Waals surface area contributed by atoms with Gasteiger partial charge in [-0.05, 0) is 24.5 Å². The van der Waals surface area contributed by atoms with E-state index >= 15 is 0 Å². The van der Waals surface area contributed by atoms with Crippen molar-refractivity contribution in [1.82, 2.24) is 0 Å². The third-order valence-corrected chi connectivity index (χ3v) is 2.00. The van der Waals surface area contributed by atoms with Gasteiger partial charge in [0.25, 0.3) is 0 Å². The largest absolute Gasteiger partial charge is 0.318 e. The minimum atomic E-state index is 0.881. The lowest BCUT2D eigenvalue weighted by atomic mass is 10.1. The van der Waals surface area contributed by atoms with Crippen molar-refractivity contribution in [2.24, 2.45) is 0 Å². The molecule has 1 rings (SSSR count). The second-order valence-electron chi connectivity index (χ2n) is 2.99. The number of aryl methyl sites for hydroxylation is 1. The molecule has 2 heteroatoms. The summed E-state index contributed by atoms with van der Waals surface area (Å²) in [4.78, 5) is 10.2. The molecule has 69 valence electrons. The molecule has 0 bridgehead atoms. The average Bonchev–Trinajstić information content (AvgIpc) is 2.17. The molecule has 1 amide bonds. The maximum absolute atomic E-state index is 10.2. The van der Waals surface area contributed by atoms with Gasteiger partial charge < -0.3 is 5.32 Å². The second kappa shape index (κ2) is 5.36. The summed E-state index contributed by atoms with van der Waals surface area (Å²) in [5.74, 6) is 0. The molecule has 0 saturated carbocycles. The molecule has 1 radical (unpaired) electrons. The highest BCUT2D eigenvalue weighted by Gasteiger charge is 1.99. The lowest BCUT2D eigenvalue weighted by Gasteiger charge is -2.05. The van der Waals surface area contributed by atoms with Crippen LogP contribution in [-0.4, -0.2) is 6.41 Å². The van der Waals surface area contributed by atoms with Crippen molar-refractivity contribution in [3.8, 4) is 0 Å². The highest BCUT2D eigenvalue weighted by Crippen LogP contribution is 2.16. The molecule has 0 aliphatic heterocycles. The molecule has 0 heterocycles. The van der Waals surface area contributed by atoms with E-state index in [1.807, 2.05) is 24.3 Å². The van der Waals surface area contributed by atoms with Gasteiger partial charge in [0, 0.05) is 5.69 Å². The van der Waals surface area contributed by atoms with Crippen LogP contribution in [0.5, 0.6) is 0 Å². The number of benzene rings is 1. The Bertz CT molecular complexity index is 271. The first-order valence-electron chi connectivity index (χ1n) is 4.59. The van der Waals surface area contributed by atoms with Crippen molar-refractivity contribution in [3.05, 3.63) is 29.8 Å². The van der Waals surface area contributed by atoms with Crippen LogP contribution in [-0.2, 0) is 11.2 Å². The first kappa shape index (κ1) is 9.78. The van der Waals surface area contributed by atoms with E-state index in [0.29, 0.717) is 0 Å². The number of hydrogen-bond donors (Lipinski definition) is 1. The highest BCUT2D eigenvalue weighted by atomic mass is 16.1. The molecule has 13 heavy (non-hydrogen) atoms. The van der Waals surface area contributed by atoms with Gasteiger partial charge in [0.1, 0.15) is 0 Å². The normalized spacial score (nSPS) is 9.62. The van der Waals surface area contributed by atoms with Crippen LogP contribution < -0.4 is 5.32 Å². The van der Waals surface area contributed by atoms with E-state index in [9.17, 15) is 4.79 Å². The zero-order chi connectivity index (χ0) is 9.52. The predicted molar refractivity (Wildman–Crippen MR) is 54.4 cm³/mol. The molecule has 2 nitrogen and oxygen atoms in total. The number of amides is 1. The van der Waals surface area contributed by atoms with E-state index < -0.39 is 0 Å². The van der Waals surface area contributed by atoms with Gasteiger partial charge in [0.2, 0.25) is 0 Å². The fourth-order valence-electron chi connectivity index (χ4n) is 1.28. The molecule has 0 unspecified atom stereocenters. The van der Waals surface area contributed by atoms with Gasteiger partial charge in [-0.15, -0.1) is 0 Å². The number of para-hydroxylation sites is 1. The Hall–Kier alpha value is -1.31. The first-order chi connectivity index (χ1) is 6.38. The average molecular weight is 176 g/mol. The van der Waals surface area contributed by atoms with Crippen molar-refractivity contribution in [3.63, 3.8) is 0 Å². The van der Waals surface area contributed by atoms with E-state index in [4.69, 9.17) is 0 Å². The second-order valence-corrected chi connectivity index (χ2v) is 2.99. The monoisotopic (exact) mass is 176 g/mol. The fraction of sp³-hybridized carbons (Fsp3) is 0.364. The van der Waals surface area contributed by atoms with E-state index in [1.165, 1.54) is 12.0 Å². The van der Waals surface area contributed by atoms with Crippen molar-refractivity contribution in [2.45, 2.75) is 26.2 Å². The molecule has 0 saturated heterocycles. The van der Waals surface area contributed by atoms with Gasteiger partial charge in [-0.3, -0.25) is 4.79 Å². The Morgan fingerprint density at radius 3 is 2.85 bits per heavy atom. The molecule has 1 aromatic carbocycles. The molecule has 0 aliphatic carbocycles. The van der Waals surface area contributed by atoms with Crippen molar-refractivity contribution < 1.29 is 4.79 Å². The van der Waals surface area contributed by atoms with Gasteiger partial charge in [0.15, 0.2) is 0 Å². The Balaban J connectivity index is 2.71. The first-order valence-corrected chi connectivity index (χ1v) is 4.59. The summed E-state index contributed by atoms with van der Waals surface area (Å²) in [7, 11) is 0. The van der Waals surface area contributed by atoms with Gasteiger partial charge >= 0.3 is 6.41 Å². The summed E-state index contributed by atoms with van der Waals surface area (Å²) in [6.07, 6.45) is 5.03. The zero-order valence-corrected chi connectivity index (χ0v) is 7.84. The van der Waals surface area contributed by atoms with Crippen LogP contribution >= 0.6 is 0 Å². The third kappa shape index (κ3) is 2.90. The number of anilines is 1. The molecular weight excluding hydrogens is 162 g/mol. The van der Waals surface area contributed by atoms with Gasteiger partial charge in [0.05, 0.1) is 0 Å². The lowest BCUT2D eigenvalue weighted by Crippen LogP contribution is -1.98. The minimum absolute atomic E-state index is 0.881. The minimum Gasteiger partial charge on any atom is -0.318 e. The smallest absolute Gasteiger partial charge is 0.314 e. The standard InChI is InChI=1S/C11H14NO/c1-2-3-6-10-7-4-5-8-11(10)12-9-13/h4-5,7-8H,2-3,6H2,1H3,(H,12,13). The SMILES string of the molecule is CCCCc1ccccc1N[C]=O. The van der Waals surface area contributed by atoms with Gasteiger partial charge in [-0.25, -0.2) is 0 Å². The molecule has 1 aromatic rings. The summed E-state index contributed by atoms with van der Waals surface area (Å²) in [5.41, 5.74) is 2.07. The molecular formula is C11H14NO. The Kier molecular flexibility index (Phi) is 4.03. The van der Waals surface area contributed by atoms with Crippen LogP contribution in [0.3, 0.4) is 0 Å². The molecule has 0 fully saturated rings. The van der Waals surface area contributed by atoms with Crippen LogP contribution in [0.25, 0.3) is 0 Å². The fourth-order valence-corrected chi connectivity index (χ4v) is 1.28. The number of nitrogens with one attached hydrogen (secondary N) is 1. The van der Waals surface area contributed by atoms with E-state index in [2.05, 4.69) is 12.2 Å². The maximum atomic E-state index is 10.2. The summed E-state index contributed by atoms with van der Waals surface area (Å²) in [6.45, 7) is 2.15. The quantitative estimate of drug-likeness (QED) is 0.686. The van der Waals surface area contributed by atoms with E-state index in [-0.39, 0.29) is 0 Å². The van der Waals surface area contributed by atoms with Crippen LogP contribution in [0.4, 0.5) is 5.69 Å². The van der Waals surface area contributed by atoms with E-state index in [0.717, 1.165) is 18.5 Å². The van der Waals surface area contributed by atoms with Crippen LogP contribution in [0.2, 0.25) is 0 Å². The molecule has 0 aromatic heterocycles. The third-order valence-electron chi connectivity index (χ3n) is 2.00. The van der Waals surface area contributed by atoms with Gasteiger partial charge in [-0.2, -0.15) is 0 Å². The van der Waals surface area contributed by atoms with Crippen LogP contribution in [0, 0.1) is 0 Å². The molecule has 0 aliphatic rings. The Labute approximate surface area is 79.0 Å². The van der Waals surface area contributed by atoms with E-state index in [1.54, 1.807) is 6.41 Å². The van der Waals surface area contributed by atoms with Crippen molar-refractivity contribution >= 4 is 12.1 Å². The molecule has 0 atom stereocenters. The van der Waals surface area contributed by atoms with Crippen LogP contribution in [0.15, 0.2) is 24.3 Å². The topological polar surface area (TPSA) is 29.1 Å². The van der Waals surface area contributed by atoms with Crippen LogP contribution in [0.1, 0.15) is 25.3 Å². The lowest BCUT2D eigenvalue weighted by molar-refractivity contribution is 0.561. The predicted octanol–water partition coefficient (Wildman–Crippen LogP) is 2.51. The highest BCUT2D eigenvalue weighted by molar-refractivity contribution is 5.73. The summed E-state index contributed by atoms with van der Waals surface area (Å²) < 4.78 is 0. The van der Waals surface area contributed by atoms with Crippen molar-refractivity contribution in [2.75, 3.05) is 5.32 Å².